The van der Waals surface area contributed by atoms with Gasteiger partial charge in [0.25, 0.3) is 0 Å². The Labute approximate surface area is 134 Å². The molecule has 2 aliphatic rings. The summed E-state index contributed by atoms with van der Waals surface area (Å²) in [6.07, 6.45) is 2.59. The lowest BCUT2D eigenvalue weighted by atomic mass is 9.78. The zero-order valence-corrected chi connectivity index (χ0v) is 14.4. The Morgan fingerprint density at radius 1 is 0.955 bits per heavy atom. The molecule has 22 heavy (non-hydrogen) atoms. The van der Waals surface area contributed by atoms with E-state index in [9.17, 15) is 0 Å². The van der Waals surface area contributed by atoms with Gasteiger partial charge < -0.3 is 14.0 Å². The van der Waals surface area contributed by atoms with Crippen LogP contribution in [0.4, 0.5) is 0 Å². The van der Waals surface area contributed by atoms with Gasteiger partial charge in [0.15, 0.2) is 0 Å². The summed E-state index contributed by atoms with van der Waals surface area (Å²) < 4.78 is 18.1. The van der Waals surface area contributed by atoms with Gasteiger partial charge in [-0.05, 0) is 57.5 Å². The molecule has 2 heterocycles. The number of hydrogen-bond acceptors (Lipinski definition) is 3. The Morgan fingerprint density at radius 2 is 1.55 bits per heavy atom. The maximum atomic E-state index is 6.10. The molecule has 0 saturated carbocycles. The second-order valence-corrected chi connectivity index (χ2v) is 7.76. The zero-order valence-electron chi connectivity index (χ0n) is 14.4. The molecular weight excluding hydrogens is 275 g/mol. The van der Waals surface area contributed by atoms with Crippen molar-refractivity contribution in [1.82, 2.24) is 0 Å². The van der Waals surface area contributed by atoms with Gasteiger partial charge in [0.1, 0.15) is 0 Å². The summed E-state index contributed by atoms with van der Waals surface area (Å²) in [4.78, 5) is 0. The fourth-order valence-electron chi connectivity index (χ4n) is 2.99. The number of benzene rings is 1. The first-order valence-corrected chi connectivity index (χ1v) is 8.35. The summed E-state index contributed by atoms with van der Waals surface area (Å²) in [7, 11) is -0.286. The average Bonchev–Trinajstić information content (AvgIpc) is 2.68. The van der Waals surface area contributed by atoms with Crippen LogP contribution in [-0.4, -0.2) is 24.9 Å². The molecule has 0 aliphatic carbocycles. The molecule has 2 saturated heterocycles. The SMILES string of the molecule is CC1CCC(c2ccc(B3OC(C)(C)C(C)(C)O3)cc2)OC1. The molecule has 1 aromatic carbocycles. The Balaban J connectivity index is 1.70. The second-order valence-electron chi connectivity index (χ2n) is 7.76. The van der Waals surface area contributed by atoms with E-state index in [1.807, 2.05) is 0 Å². The molecule has 0 aromatic heterocycles. The molecule has 1 aromatic rings. The number of ether oxygens (including phenoxy) is 1. The smallest absolute Gasteiger partial charge is 0.399 e. The van der Waals surface area contributed by atoms with Crippen molar-refractivity contribution in [3.05, 3.63) is 29.8 Å². The van der Waals surface area contributed by atoms with Crippen LogP contribution in [0, 0.1) is 5.92 Å². The number of hydrogen-bond donors (Lipinski definition) is 0. The molecule has 3 nitrogen and oxygen atoms in total. The largest absolute Gasteiger partial charge is 0.494 e. The van der Waals surface area contributed by atoms with Crippen molar-refractivity contribution in [2.24, 2.45) is 5.92 Å². The maximum absolute atomic E-state index is 6.10. The average molecular weight is 302 g/mol. The van der Waals surface area contributed by atoms with E-state index in [0.717, 1.165) is 18.5 Å². The normalized spacial score (nSPS) is 30.5. The summed E-state index contributed by atoms with van der Waals surface area (Å²) >= 11 is 0. The molecule has 2 fully saturated rings. The summed E-state index contributed by atoms with van der Waals surface area (Å²) in [5, 5.41) is 0. The van der Waals surface area contributed by atoms with Crippen LogP contribution in [0.2, 0.25) is 0 Å². The molecule has 2 atom stereocenters. The van der Waals surface area contributed by atoms with Crippen LogP contribution in [0.25, 0.3) is 0 Å². The third-order valence-electron chi connectivity index (χ3n) is 5.34. The van der Waals surface area contributed by atoms with Gasteiger partial charge in [-0.2, -0.15) is 0 Å². The van der Waals surface area contributed by atoms with E-state index < -0.39 is 0 Å². The molecule has 0 spiro atoms. The van der Waals surface area contributed by atoms with Crippen molar-refractivity contribution in [3.63, 3.8) is 0 Å². The molecule has 4 heteroatoms. The highest BCUT2D eigenvalue weighted by Gasteiger charge is 2.51. The van der Waals surface area contributed by atoms with Crippen molar-refractivity contribution in [3.8, 4) is 0 Å². The van der Waals surface area contributed by atoms with Crippen LogP contribution < -0.4 is 5.46 Å². The van der Waals surface area contributed by atoms with Gasteiger partial charge in [0.05, 0.1) is 17.3 Å². The van der Waals surface area contributed by atoms with Crippen molar-refractivity contribution in [2.75, 3.05) is 6.61 Å². The van der Waals surface area contributed by atoms with E-state index in [4.69, 9.17) is 14.0 Å². The minimum atomic E-state index is -0.293. The molecule has 120 valence electrons. The zero-order chi connectivity index (χ0) is 16.0. The van der Waals surface area contributed by atoms with E-state index in [1.165, 1.54) is 12.0 Å². The summed E-state index contributed by atoms with van der Waals surface area (Å²) in [5.74, 6) is 0.681. The van der Waals surface area contributed by atoms with Crippen molar-refractivity contribution in [2.45, 2.75) is 64.8 Å². The van der Waals surface area contributed by atoms with Crippen LogP contribution in [0.15, 0.2) is 24.3 Å². The van der Waals surface area contributed by atoms with Gasteiger partial charge >= 0.3 is 7.12 Å². The lowest BCUT2D eigenvalue weighted by Crippen LogP contribution is -2.41. The van der Waals surface area contributed by atoms with Gasteiger partial charge in [-0.15, -0.1) is 0 Å². The predicted octanol–water partition coefficient (Wildman–Crippen LogP) is 3.47. The lowest BCUT2D eigenvalue weighted by molar-refractivity contribution is -0.0123. The highest BCUT2D eigenvalue weighted by Crippen LogP contribution is 2.36. The Kier molecular flexibility index (Phi) is 4.13. The molecule has 0 N–H and O–H groups in total. The van der Waals surface area contributed by atoms with E-state index in [0.29, 0.717) is 5.92 Å². The summed E-state index contributed by atoms with van der Waals surface area (Å²) in [5.41, 5.74) is 1.75. The van der Waals surface area contributed by atoms with Crippen LogP contribution in [0.1, 0.15) is 59.1 Å². The van der Waals surface area contributed by atoms with Gasteiger partial charge in [0.2, 0.25) is 0 Å². The quantitative estimate of drug-likeness (QED) is 0.783. The Morgan fingerprint density at radius 3 is 2.05 bits per heavy atom. The van der Waals surface area contributed by atoms with Gasteiger partial charge in [-0.3, -0.25) is 0 Å². The first-order valence-electron chi connectivity index (χ1n) is 8.35. The molecule has 0 amide bonds. The van der Waals surface area contributed by atoms with Crippen LogP contribution in [0.3, 0.4) is 0 Å². The van der Waals surface area contributed by atoms with Gasteiger partial charge in [-0.25, -0.2) is 0 Å². The highest BCUT2D eigenvalue weighted by atomic mass is 16.7. The van der Waals surface area contributed by atoms with E-state index in [2.05, 4.69) is 58.9 Å². The first-order chi connectivity index (χ1) is 10.3. The third-order valence-corrected chi connectivity index (χ3v) is 5.34. The standard InChI is InChI=1S/C18H27BO3/c1-13-6-11-16(20-12-13)14-7-9-15(10-8-14)19-21-17(2,3)18(4,5)22-19/h7-10,13,16H,6,11-12H2,1-5H3. The Bertz CT molecular complexity index is 500. The molecular formula is C18H27BO3. The Hall–Kier alpha value is -0.835. The molecule has 2 aliphatic heterocycles. The fourth-order valence-corrected chi connectivity index (χ4v) is 2.99. The van der Waals surface area contributed by atoms with Crippen molar-refractivity contribution >= 4 is 12.6 Å². The van der Waals surface area contributed by atoms with Crippen LogP contribution in [0.5, 0.6) is 0 Å². The van der Waals surface area contributed by atoms with Crippen LogP contribution >= 0.6 is 0 Å². The first kappa shape index (κ1) is 16.0. The van der Waals surface area contributed by atoms with Gasteiger partial charge in [-0.1, -0.05) is 31.2 Å². The predicted molar refractivity (Wildman–Crippen MR) is 89.2 cm³/mol. The minimum absolute atomic E-state index is 0.239. The fraction of sp³-hybridized carbons (Fsp3) is 0.667. The monoisotopic (exact) mass is 302 g/mol. The van der Waals surface area contributed by atoms with Crippen molar-refractivity contribution < 1.29 is 14.0 Å². The van der Waals surface area contributed by atoms with E-state index in [1.54, 1.807) is 0 Å². The minimum Gasteiger partial charge on any atom is -0.399 e. The van der Waals surface area contributed by atoms with Crippen molar-refractivity contribution in [1.29, 1.82) is 0 Å². The van der Waals surface area contributed by atoms with Gasteiger partial charge in [0, 0.05) is 6.61 Å². The van der Waals surface area contributed by atoms with E-state index >= 15 is 0 Å². The summed E-state index contributed by atoms with van der Waals surface area (Å²) in [6, 6.07) is 8.53. The topological polar surface area (TPSA) is 27.7 Å². The molecule has 2 unspecified atom stereocenters. The number of rotatable bonds is 2. The molecule has 3 rings (SSSR count). The highest BCUT2D eigenvalue weighted by molar-refractivity contribution is 6.62. The van der Waals surface area contributed by atoms with Crippen LogP contribution in [-0.2, 0) is 14.0 Å². The summed E-state index contributed by atoms with van der Waals surface area (Å²) in [6.45, 7) is 11.4. The lowest BCUT2D eigenvalue weighted by Gasteiger charge is -2.32. The molecule has 0 radical (unpaired) electrons. The van der Waals surface area contributed by atoms with E-state index in [-0.39, 0.29) is 24.4 Å². The molecule has 0 bridgehead atoms. The second kappa shape index (κ2) is 5.66. The maximum Gasteiger partial charge on any atom is 0.494 e. The third kappa shape index (κ3) is 2.97.